The lowest BCUT2D eigenvalue weighted by molar-refractivity contribution is 0.325. The molecule has 1 atom stereocenters. The maximum atomic E-state index is 13.2. The van der Waals surface area contributed by atoms with Gasteiger partial charge in [-0.3, -0.25) is 5.16 Å². The van der Waals surface area contributed by atoms with Crippen molar-refractivity contribution in [2.75, 3.05) is 6.61 Å². The van der Waals surface area contributed by atoms with E-state index in [2.05, 4.69) is 13.6 Å². The Balaban J connectivity index is 4.39. The molecule has 0 aliphatic carbocycles. The first-order chi connectivity index (χ1) is 5.68. The molecule has 0 amide bonds. The van der Waals surface area contributed by atoms with Crippen LogP contribution in [0.5, 0.6) is 0 Å². The van der Waals surface area contributed by atoms with Crippen LogP contribution in [-0.4, -0.2) is 6.61 Å². The summed E-state index contributed by atoms with van der Waals surface area (Å²) >= 11 is 0. The third-order valence-electron chi connectivity index (χ3n) is 0.759. The largest absolute Gasteiger partial charge is 0.390 e. The van der Waals surface area contributed by atoms with Crippen LogP contribution in [0.2, 0.25) is 0 Å². The molecule has 0 radical (unpaired) electrons. The van der Waals surface area contributed by atoms with Crippen LogP contribution in [-0.2, 0) is 4.52 Å². The van der Waals surface area contributed by atoms with Gasteiger partial charge >= 0.3 is 7.74 Å². The second kappa shape index (κ2) is 6.73. The van der Waals surface area contributed by atoms with Crippen molar-refractivity contribution < 1.29 is 12.9 Å². The summed E-state index contributed by atoms with van der Waals surface area (Å²) < 4.78 is 35.4. The first kappa shape index (κ1) is 12.2. The van der Waals surface area contributed by atoms with Crippen LogP contribution in [0.25, 0.3) is 0 Å². The minimum Gasteiger partial charge on any atom is -0.303 e. The zero-order chi connectivity index (χ0) is 9.45. The van der Waals surface area contributed by atoms with Gasteiger partial charge in [0.1, 0.15) is 0 Å². The van der Waals surface area contributed by atoms with Crippen molar-refractivity contribution in [3.8, 4) is 0 Å². The molecule has 0 aromatic carbocycles. The molecule has 0 saturated heterocycles. The van der Waals surface area contributed by atoms with E-state index in [1.54, 1.807) is 6.92 Å². The summed E-state index contributed by atoms with van der Waals surface area (Å²) in [6, 6.07) is 0. The molecule has 4 nitrogen and oxygen atoms in total. The van der Waals surface area contributed by atoms with Gasteiger partial charge in [0.2, 0.25) is 8.68 Å². The molecule has 0 heterocycles. The fourth-order valence-electron chi connectivity index (χ4n) is 0.374. The summed E-state index contributed by atoms with van der Waals surface area (Å²) in [4.78, 5) is 0. The highest BCUT2D eigenvalue weighted by Crippen LogP contribution is 2.58. The number of rotatable bonds is 5. The van der Waals surface area contributed by atoms with E-state index in [0.29, 0.717) is 6.42 Å². The maximum absolute atomic E-state index is 13.2. The van der Waals surface area contributed by atoms with E-state index in [4.69, 9.17) is 5.16 Å². The van der Waals surface area contributed by atoms with Crippen molar-refractivity contribution in [3.63, 3.8) is 0 Å². The summed E-state index contributed by atoms with van der Waals surface area (Å²) in [5.41, 5.74) is 0. The van der Waals surface area contributed by atoms with Crippen molar-refractivity contribution in [1.29, 1.82) is 5.16 Å². The van der Waals surface area contributed by atoms with Gasteiger partial charge < -0.3 is 4.52 Å². The zero-order valence-electron chi connectivity index (χ0n) is 6.31. The molecular weight excluding hydrogens is 225 g/mol. The zero-order valence-corrected chi connectivity index (χ0v) is 9.00. The average Bonchev–Trinajstić information content (AvgIpc) is 2.02. The lowest BCUT2D eigenvalue weighted by Crippen LogP contribution is -1.84. The normalized spacial score (nSPS) is 16.6. The fraction of sp³-hybridized carbons (Fsp3) is 1.00. The van der Waals surface area contributed by atoms with Crippen molar-refractivity contribution in [2.45, 2.75) is 13.3 Å². The van der Waals surface area contributed by atoms with Crippen LogP contribution in [0.3, 0.4) is 0 Å². The molecule has 0 aromatic rings. The van der Waals surface area contributed by atoms with Crippen LogP contribution in [0.4, 0.5) is 8.39 Å². The summed E-state index contributed by atoms with van der Waals surface area (Å²) in [7, 11) is -5.04. The van der Waals surface area contributed by atoms with Gasteiger partial charge in [-0.2, -0.15) is 12.9 Å². The molecule has 0 aromatic heterocycles. The molecule has 0 fully saturated rings. The highest BCUT2D eigenvalue weighted by atomic mass is 31.2. The molecule has 70 valence electrons. The maximum Gasteiger partial charge on any atom is 0.390 e. The van der Waals surface area contributed by atoms with Crippen LogP contribution in [0, 0.1) is 5.16 Å². The van der Waals surface area contributed by atoms with E-state index in [-0.39, 0.29) is 15.1 Å². The second-order valence-electron chi connectivity index (χ2n) is 1.66. The Bertz CT molecular complexity index is 221. The predicted octanol–water partition coefficient (Wildman–Crippen LogP) is 4.97. The van der Waals surface area contributed by atoms with E-state index in [9.17, 15) is 8.39 Å². The summed E-state index contributed by atoms with van der Waals surface area (Å²) in [6.45, 7) is 1.93. The molecule has 12 heavy (non-hydrogen) atoms. The number of hydrogen-bond acceptors (Lipinski definition) is 2. The van der Waals surface area contributed by atoms with E-state index >= 15 is 0 Å². The Morgan fingerprint density at radius 2 is 2.33 bits per heavy atom. The Morgan fingerprint density at radius 3 is 2.75 bits per heavy atom. The number of nitrogens with zero attached hydrogens (tertiary/aromatic N) is 2. The van der Waals surface area contributed by atoms with Crippen molar-refractivity contribution in [3.05, 3.63) is 0 Å². The molecule has 0 aliphatic rings. The fourth-order valence-corrected chi connectivity index (χ4v) is 2.44. The summed E-state index contributed by atoms with van der Waals surface area (Å²) in [5, 5.41) is 6.60. The van der Waals surface area contributed by atoms with Crippen LogP contribution >= 0.6 is 24.9 Å². The molecule has 0 saturated carbocycles. The number of halogens is 2. The highest BCUT2D eigenvalue weighted by molar-refractivity contribution is 7.61. The average molecular weight is 233 g/mol. The molecule has 0 spiro atoms. The van der Waals surface area contributed by atoms with E-state index in [1.165, 1.54) is 0 Å². The Labute approximate surface area is 72.8 Å². The lowest BCUT2D eigenvalue weighted by atomic mass is 10.5. The third-order valence-corrected chi connectivity index (χ3v) is 3.66. The van der Waals surface area contributed by atoms with E-state index in [0.717, 1.165) is 0 Å². The Morgan fingerprint density at radius 1 is 1.67 bits per heavy atom. The summed E-state index contributed by atoms with van der Waals surface area (Å²) in [5.74, 6) is 0. The van der Waals surface area contributed by atoms with Gasteiger partial charge in [-0.25, -0.2) is 0 Å². The molecule has 0 aliphatic heterocycles. The first-order valence-corrected chi connectivity index (χ1v) is 6.13. The number of nitrogens with one attached hydrogen (secondary N) is 1. The SMILES string of the molecule is CCCOP(F)(=NP=N)/N=P/F. The van der Waals surface area contributed by atoms with Gasteiger partial charge in [-0.1, -0.05) is 6.92 Å². The Hall–Kier alpha value is 0.250. The van der Waals surface area contributed by atoms with Crippen molar-refractivity contribution >= 4 is 24.9 Å². The van der Waals surface area contributed by atoms with Crippen LogP contribution in [0.1, 0.15) is 13.3 Å². The lowest BCUT2D eigenvalue weighted by Gasteiger charge is -2.05. The molecular formula is C3H8F2N3OP3. The van der Waals surface area contributed by atoms with E-state index < -0.39 is 16.4 Å². The topological polar surface area (TPSA) is 57.8 Å². The highest BCUT2D eigenvalue weighted by Gasteiger charge is 2.17. The quantitative estimate of drug-likeness (QED) is 0.669. The van der Waals surface area contributed by atoms with Crippen molar-refractivity contribution in [2.24, 2.45) is 9.03 Å². The number of hydrogen-bond donors (Lipinski definition) is 1. The van der Waals surface area contributed by atoms with Crippen molar-refractivity contribution in [1.82, 2.24) is 0 Å². The molecule has 9 heteroatoms. The monoisotopic (exact) mass is 233 g/mol. The third kappa shape index (κ3) is 5.00. The van der Waals surface area contributed by atoms with E-state index in [1.807, 2.05) is 0 Å². The second-order valence-corrected chi connectivity index (χ2v) is 4.65. The Kier molecular flexibility index (Phi) is 6.87. The van der Waals surface area contributed by atoms with Gasteiger partial charge in [-0.15, -0.1) is 4.52 Å². The minimum atomic E-state index is -3.82. The van der Waals surface area contributed by atoms with Gasteiger partial charge in [0.15, 0.2) is 8.52 Å². The standard InChI is InChI=1S/C3H8F2N3OP3/c1-2-3-9-12(5,7-10-4)8-11-6/h6H,2-3H2,1H3. The van der Waals surface area contributed by atoms with Gasteiger partial charge in [0, 0.05) is 0 Å². The predicted molar refractivity (Wildman–Crippen MR) is 46.8 cm³/mol. The molecule has 1 unspecified atom stereocenters. The van der Waals surface area contributed by atoms with Crippen LogP contribution < -0.4 is 0 Å². The van der Waals surface area contributed by atoms with Gasteiger partial charge in [0.05, 0.1) is 6.61 Å². The smallest absolute Gasteiger partial charge is 0.303 e. The first-order valence-electron chi connectivity index (χ1n) is 3.04. The minimum absolute atomic E-state index is 0.141. The summed E-state index contributed by atoms with van der Waals surface area (Å²) in [6.07, 6.45) is 0.606. The van der Waals surface area contributed by atoms with Crippen LogP contribution in [0.15, 0.2) is 9.03 Å². The molecule has 1 N–H and O–H groups in total. The molecule has 0 bridgehead atoms. The molecule has 0 rings (SSSR count). The van der Waals surface area contributed by atoms with Gasteiger partial charge in [0.25, 0.3) is 0 Å². The van der Waals surface area contributed by atoms with Gasteiger partial charge in [-0.05, 0) is 6.42 Å².